The molecule has 3 rings (SSSR count). The first-order valence-corrected chi connectivity index (χ1v) is 9.54. The third-order valence-corrected chi connectivity index (χ3v) is 5.95. The zero-order valence-electron chi connectivity index (χ0n) is 15.5. The first-order valence-electron chi connectivity index (χ1n) is 9.54. The van der Waals surface area contributed by atoms with Crippen LogP contribution < -0.4 is 4.90 Å². The van der Waals surface area contributed by atoms with Crippen LogP contribution in [0.5, 0.6) is 0 Å². The van der Waals surface area contributed by atoms with Gasteiger partial charge in [0.1, 0.15) is 6.04 Å². The van der Waals surface area contributed by atoms with E-state index in [1.807, 2.05) is 0 Å². The number of carbonyl (C=O) groups excluding carboxylic acids is 1. The highest BCUT2D eigenvalue weighted by atomic mass is 19.4. The van der Waals surface area contributed by atoms with Crippen LogP contribution in [0.4, 0.5) is 13.2 Å². The summed E-state index contributed by atoms with van der Waals surface area (Å²) in [6.07, 6.45) is 2.61. The van der Waals surface area contributed by atoms with Crippen molar-refractivity contribution in [1.82, 2.24) is 4.90 Å². The van der Waals surface area contributed by atoms with E-state index in [4.69, 9.17) is 0 Å². The van der Waals surface area contributed by atoms with E-state index in [0.29, 0.717) is 11.6 Å². The molecule has 3 atom stereocenters. The smallest absolute Gasteiger partial charge is 0.333 e. The Kier molecular flexibility index (Phi) is 5.61. The van der Waals surface area contributed by atoms with Crippen molar-refractivity contribution in [2.45, 2.75) is 56.8 Å². The molecule has 6 heteroatoms. The Balaban J connectivity index is 1.70. The van der Waals surface area contributed by atoms with E-state index in [1.54, 1.807) is 11.9 Å². The Morgan fingerprint density at radius 2 is 1.73 bits per heavy atom. The fourth-order valence-corrected chi connectivity index (χ4v) is 4.23. The van der Waals surface area contributed by atoms with Gasteiger partial charge < -0.3 is 9.80 Å². The fourth-order valence-electron chi connectivity index (χ4n) is 4.23. The summed E-state index contributed by atoms with van der Waals surface area (Å²) in [4.78, 5) is 16.1. The van der Waals surface area contributed by atoms with Gasteiger partial charge in [0.15, 0.2) is 0 Å². The van der Waals surface area contributed by atoms with Gasteiger partial charge in [-0.1, -0.05) is 6.42 Å². The second-order valence-electron chi connectivity index (χ2n) is 7.94. The molecule has 0 bridgehead atoms. The van der Waals surface area contributed by atoms with Gasteiger partial charge in [-0.15, -0.1) is 0 Å². The molecule has 1 N–H and O–H groups in total. The number of alkyl halides is 3. The Morgan fingerprint density at radius 3 is 2.31 bits per heavy atom. The van der Waals surface area contributed by atoms with Crippen molar-refractivity contribution in [3.8, 4) is 0 Å². The first kappa shape index (κ1) is 19.2. The van der Waals surface area contributed by atoms with E-state index in [0.717, 1.165) is 43.9 Å². The zero-order chi connectivity index (χ0) is 18.9. The van der Waals surface area contributed by atoms with Crippen LogP contribution in [0.3, 0.4) is 0 Å². The van der Waals surface area contributed by atoms with Crippen molar-refractivity contribution < 1.29 is 22.9 Å². The average Bonchev–Trinajstić information content (AvgIpc) is 3.44. The number of halogens is 3. The Labute approximate surface area is 153 Å². The van der Waals surface area contributed by atoms with Crippen LogP contribution in [-0.4, -0.2) is 43.5 Å². The molecular formula is C20H28F3N2O+. The van der Waals surface area contributed by atoms with Gasteiger partial charge in [0, 0.05) is 24.9 Å². The largest absolute Gasteiger partial charge is 0.416 e. The molecule has 26 heavy (non-hydrogen) atoms. The summed E-state index contributed by atoms with van der Waals surface area (Å²) < 4.78 is 38.2. The molecule has 0 saturated heterocycles. The quantitative estimate of drug-likeness (QED) is 0.848. The average molecular weight is 369 g/mol. The molecule has 0 radical (unpaired) electrons. The highest BCUT2D eigenvalue weighted by molar-refractivity contribution is 5.94. The predicted octanol–water partition coefficient (Wildman–Crippen LogP) is 3.01. The van der Waals surface area contributed by atoms with Crippen LogP contribution in [-0.2, 0) is 6.18 Å². The molecule has 0 aliphatic heterocycles. The molecule has 0 spiro atoms. The van der Waals surface area contributed by atoms with Crippen molar-refractivity contribution in [3.63, 3.8) is 0 Å². The number of likely N-dealkylation sites (N-methyl/N-ethyl adjacent to an activating group) is 2. The highest BCUT2D eigenvalue weighted by Gasteiger charge is 2.38. The summed E-state index contributed by atoms with van der Waals surface area (Å²) in [6, 6.07) is 5.12. The van der Waals surface area contributed by atoms with Gasteiger partial charge in [-0.3, -0.25) is 4.79 Å². The third-order valence-electron chi connectivity index (χ3n) is 5.95. The maximum Gasteiger partial charge on any atom is 0.416 e. The standard InChI is InChI=1S/C20H27F3N2O/c1-24(13-14-7-8-14)17-5-3-4-6-18(17)25(2)19(26)15-9-11-16(12-10-15)20(21,22)23/h9-12,14,17-18H,3-8,13H2,1-2H3/p+1. The van der Waals surface area contributed by atoms with Crippen LogP contribution in [0.15, 0.2) is 24.3 Å². The second-order valence-corrected chi connectivity index (χ2v) is 7.94. The minimum atomic E-state index is -4.38. The molecule has 1 amide bonds. The van der Waals surface area contributed by atoms with Gasteiger partial charge in [-0.05, 0) is 49.9 Å². The topological polar surface area (TPSA) is 24.8 Å². The summed E-state index contributed by atoms with van der Waals surface area (Å²) in [5.74, 6) is 0.642. The second kappa shape index (κ2) is 7.59. The number of amides is 1. The number of nitrogens with one attached hydrogen (secondary N) is 1. The minimum absolute atomic E-state index is 0.150. The summed E-state index contributed by atoms with van der Waals surface area (Å²) in [5.41, 5.74) is -0.398. The molecule has 2 fully saturated rings. The molecule has 2 saturated carbocycles. The number of rotatable bonds is 5. The Bertz CT molecular complexity index is 625. The molecule has 0 heterocycles. The first-order chi connectivity index (χ1) is 12.3. The van der Waals surface area contributed by atoms with Crippen molar-refractivity contribution >= 4 is 5.91 Å². The molecule has 1 aromatic carbocycles. The van der Waals surface area contributed by atoms with Gasteiger partial charge >= 0.3 is 6.18 Å². The summed E-state index contributed by atoms with van der Waals surface area (Å²) in [7, 11) is 4.02. The number of hydrogen-bond acceptors (Lipinski definition) is 1. The van der Waals surface area contributed by atoms with Gasteiger partial charge in [0.2, 0.25) is 0 Å². The molecule has 3 nitrogen and oxygen atoms in total. The maximum atomic E-state index is 12.8. The lowest BCUT2D eigenvalue weighted by atomic mass is 9.88. The molecular weight excluding hydrogens is 341 g/mol. The molecule has 144 valence electrons. The number of nitrogens with zero attached hydrogens (tertiary/aromatic N) is 1. The fraction of sp³-hybridized carbons (Fsp3) is 0.650. The SMILES string of the molecule is CN(C(=O)c1ccc(C(F)(F)F)cc1)C1CCCCC1[NH+](C)CC1CC1. The summed E-state index contributed by atoms with van der Waals surface area (Å²) >= 11 is 0. The van der Waals surface area contributed by atoms with E-state index in [-0.39, 0.29) is 11.9 Å². The van der Waals surface area contributed by atoms with E-state index in [1.165, 1.54) is 36.3 Å². The van der Waals surface area contributed by atoms with Crippen molar-refractivity contribution in [2.75, 3.05) is 20.6 Å². The normalized spacial score (nSPS) is 25.0. The predicted molar refractivity (Wildman–Crippen MR) is 94.1 cm³/mol. The Hall–Kier alpha value is -1.56. The number of quaternary nitrogens is 1. The van der Waals surface area contributed by atoms with Crippen LogP contribution in [0, 0.1) is 5.92 Å². The summed E-state index contributed by atoms with van der Waals surface area (Å²) in [6.45, 7) is 1.16. The van der Waals surface area contributed by atoms with Gasteiger partial charge in [-0.2, -0.15) is 13.2 Å². The van der Waals surface area contributed by atoms with Crippen LogP contribution >= 0.6 is 0 Å². The molecule has 2 aliphatic carbocycles. The summed E-state index contributed by atoms with van der Waals surface area (Å²) in [5, 5.41) is 0. The van der Waals surface area contributed by atoms with Crippen molar-refractivity contribution in [1.29, 1.82) is 0 Å². The molecule has 1 aromatic rings. The Morgan fingerprint density at radius 1 is 1.12 bits per heavy atom. The number of carbonyl (C=O) groups is 1. The maximum absolute atomic E-state index is 12.8. The lowest BCUT2D eigenvalue weighted by molar-refractivity contribution is -0.911. The van der Waals surface area contributed by atoms with E-state index < -0.39 is 11.7 Å². The van der Waals surface area contributed by atoms with Crippen LogP contribution in [0.25, 0.3) is 0 Å². The zero-order valence-corrected chi connectivity index (χ0v) is 15.5. The number of benzene rings is 1. The van der Waals surface area contributed by atoms with E-state index in [2.05, 4.69) is 7.05 Å². The van der Waals surface area contributed by atoms with Gasteiger partial charge in [0.25, 0.3) is 5.91 Å². The van der Waals surface area contributed by atoms with Gasteiger partial charge in [-0.25, -0.2) is 0 Å². The van der Waals surface area contributed by atoms with Crippen molar-refractivity contribution in [2.24, 2.45) is 5.92 Å². The van der Waals surface area contributed by atoms with E-state index in [9.17, 15) is 18.0 Å². The number of hydrogen-bond donors (Lipinski definition) is 1. The molecule has 0 aromatic heterocycles. The third kappa shape index (κ3) is 4.40. The van der Waals surface area contributed by atoms with Gasteiger partial charge in [0.05, 0.1) is 25.2 Å². The van der Waals surface area contributed by atoms with E-state index >= 15 is 0 Å². The highest BCUT2D eigenvalue weighted by Crippen LogP contribution is 2.30. The minimum Gasteiger partial charge on any atom is -0.333 e. The monoisotopic (exact) mass is 369 g/mol. The molecule has 2 aliphatic rings. The lowest BCUT2D eigenvalue weighted by Crippen LogP contribution is -3.15. The van der Waals surface area contributed by atoms with Crippen LogP contribution in [0.1, 0.15) is 54.4 Å². The van der Waals surface area contributed by atoms with Crippen molar-refractivity contribution in [3.05, 3.63) is 35.4 Å². The molecule has 3 unspecified atom stereocenters. The lowest BCUT2D eigenvalue weighted by Gasteiger charge is -2.40. The van der Waals surface area contributed by atoms with Crippen LogP contribution in [0.2, 0.25) is 0 Å².